The van der Waals surface area contributed by atoms with Gasteiger partial charge in [-0.15, -0.1) is 0 Å². The van der Waals surface area contributed by atoms with Crippen LogP contribution in [0.4, 0.5) is 13.2 Å². The Bertz CT molecular complexity index is 1330. The van der Waals surface area contributed by atoms with Gasteiger partial charge in [-0.2, -0.15) is 18.3 Å². The number of carbonyl (C=O) groups is 1. The van der Waals surface area contributed by atoms with Gasteiger partial charge in [0.05, 0.1) is 17.7 Å². The molecule has 33 heavy (non-hydrogen) atoms. The summed E-state index contributed by atoms with van der Waals surface area (Å²) in [7, 11) is 0. The van der Waals surface area contributed by atoms with Crippen LogP contribution in [0.5, 0.6) is 0 Å². The number of furan rings is 1. The monoisotopic (exact) mass is 458 g/mol. The maximum Gasteiger partial charge on any atom is 0.408 e. The number of fused-ring (bicyclic) bond motifs is 2. The first-order valence-electron chi connectivity index (χ1n) is 10.6. The van der Waals surface area contributed by atoms with E-state index in [1.165, 1.54) is 12.3 Å². The van der Waals surface area contributed by atoms with Crippen LogP contribution >= 0.6 is 0 Å². The molecule has 0 unspecified atom stereocenters. The number of rotatable bonds is 3. The van der Waals surface area contributed by atoms with Crippen LogP contribution in [-0.4, -0.2) is 58.1 Å². The van der Waals surface area contributed by atoms with Gasteiger partial charge < -0.3 is 14.1 Å². The van der Waals surface area contributed by atoms with Crippen molar-refractivity contribution >= 4 is 27.8 Å². The SMILES string of the molecule is Cc1oc2ccccc2c1-c1nn(CC(F)(F)F)c2cc(C(=O)N3CCCOCC3)ncc12. The maximum absolute atomic E-state index is 13.4. The summed E-state index contributed by atoms with van der Waals surface area (Å²) in [6.45, 7) is 2.36. The lowest BCUT2D eigenvalue weighted by Crippen LogP contribution is -2.33. The summed E-state index contributed by atoms with van der Waals surface area (Å²) in [5.41, 5.74) is 1.84. The first-order valence-corrected chi connectivity index (χ1v) is 10.6. The first kappa shape index (κ1) is 21.4. The summed E-state index contributed by atoms with van der Waals surface area (Å²) in [6, 6.07) is 8.67. The minimum atomic E-state index is -4.49. The van der Waals surface area contributed by atoms with Crippen LogP contribution in [-0.2, 0) is 11.3 Å². The third-order valence-corrected chi connectivity index (χ3v) is 5.70. The number of hydrogen-bond donors (Lipinski definition) is 0. The fourth-order valence-electron chi connectivity index (χ4n) is 4.23. The number of pyridine rings is 1. The Hall–Kier alpha value is -3.40. The van der Waals surface area contributed by atoms with Crippen molar-refractivity contribution in [3.8, 4) is 11.3 Å². The van der Waals surface area contributed by atoms with E-state index in [2.05, 4.69) is 10.1 Å². The maximum atomic E-state index is 13.4. The summed E-state index contributed by atoms with van der Waals surface area (Å²) >= 11 is 0. The van der Waals surface area contributed by atoms with Gasteiger partial charge in [-0.05, 0) is 25.5 Å². The van der Waals surface area contributed by atoms with Crippen LogP contribution in [0.25, 0.3) is 33.1 Å². The molecule has 0 bridgehead atoms. The Labute approximate surface area is 186 Å². The Kier molecular flexibility index (Phi) is 5.32. The van der Waals surface area contributed by atoms with E-state index in [0.717, 1.165) is 10.1 Å². The van der Waals surface area contributed by atoms with Gasteiger partial charge in [0, 0.05) is 36.7 Å². The largest absolute Gasteiger partial charge is 0.461 e. The molecular formula is C23H21F3N4O3. The zero-order valence-corrected chi connectivity index (χ0v) is 17.9. The van der Waals surface area contributed by atoms with E-state index in [4.69, 9.17) is 9.15 Å². The Morgan fingerprint density at radius 1 is 1.15 bits per heavy atom. The smallest absolute Gasteiger partial charge is 0.408 e. The van der Waals surface area contributed by atoms with E-state index >= 15 is 0 Å². The van der Waals surface area contributed by atoms with Crippen LogP contribution in [0.2, 0.25) is 0 Å². The Morgan fingerprint density at radius 3 is 2.79 bits per heavy atom. The van der Waals surface area contributed by atoms with Gasteiger partial charge in [0.1, 0.15) is 29.3 Å². The molecule has 0 N–H and O–H groups in total. The molecule has 0 saturated carbocycles. The number of hydrogen-bond acceptors (Lipinski definition) is 5. The standard InChI is InChI=1S/C23H21F3N4O3/c1-14-20(15-5-2-3-6-19(15)33-14)21-16-12-27-17(22(31)29-7-4-9-32-10-8-29)11-18(16)30(28-21)13-23(24,25)26/h2-3,5-6,11-12H,4,7-10,13H2,1H3. The Morgan fingerprint density at radius 2 is 1.97 bits per heavy atom. The summed E-state index contributed by atoms with van der Waals surface area (Å²) in [5, 5.41) is 5.48. The van der Waals surface area contributed by atoms with Gasteiger partial charge in [-0.1, -0.05) is 18.2 Å². The molecule has 1 saturated heterocycles. The topological polar surface area (TPSA) is 73.4 Å². The summed E-state index contributed by atoms with van der Waals surface area (Å²) in [4.78, 5) is 18.9. The summed E-state index contributed by atoms with van der Waals surface area (Å²) < 4.78 is 52.2. The molecular weight excluding hydrogens is 437 g/mol. The minimum absolute atomic E-state index is 0.0769. The molecule has 0 atom stereocenters. The van der Waals surface area contributed by atoms with E-state index in [-0.39, 0.29) is 17.1 Å². The van der Waals surface area contributed by atoms with E-state index in [9.17, 15) is 18.0 Å². The van der Waals surface area contributed by atoms with Crippen molar-refractivity contribution < 1.29 is 27.1 Å². The third kappa shape index (κ3) is 4.06. The second kappa shape index (κ2) is 8.18. The van der Waals surface area contributed by atoms with Crippen molar-refractivity contribution in [2.24, 2.45) is 0 Å². The zero-order chi connectivity index (χ0) is 23.2. The van der Waals surface area contributed by atoms with Crippen LogP contribution < -0.4 is 0 Å². The van der Waals surface area contributed by atoms with Gasteiger partial charge in [-0.3, -0.25) is 14.5 Å². The van der Waals surface area contributed by atoms with Crippen LogP contribution in [0.15, 0.2) is 40.9 Å². The third-order valence-electron chi connectivity index (χ3n) is 5.70. The summed E-state index contributed by atoms with van der Waals surface area (Å²) in [6.07, 6.45) is -2.37. The summed E-state index contributed by atoms with van der Waals surface area (Å²) in [5.74, 6) is 0.202. The lowest BCUT2D eigenvalue weighted by atomic mass is 10.1. The molecule has 4 aromatic rings. The highest BCUT2D eigenvalue weighted by atomic mass is 19.4. The van der Waals surface area contributed by atoms with Crippen molar-refractivity contribution in [2.75, 3.05) is 26.3 Å². The number of halogens is 3. The van der Waals surface area contributed by atoms with E-state index in [0.29, 0.717) is 60.7 Å². The molecule has 4 heterocycles. The van der Waals surface area contributed by atoms with Gasteiger partial charge in [0.25, 0.3) is 5.91 Å². The Balaban J connectivity index is 1.65. The molecule has 1 aliphatic rings. The van der Waals surface area contributed by atoms with E-state index in [1.807, 2.05) is 18.2 Å². The second-order valence-corrected chi connectivity index (χ2v) is 8.00. The molecule has 1 amide bonds. The highest BCUT2D eigenvalue weighted by molar-refractivity contribution is 6.04. The minimum Gasteiger partial charge on any atom is -0.461 e. The number of aryl methyl sites for hydroxylation is 1. The number of carbonyl (C=O) groups excluding carboxylic acids is 1. The van der Waals surface area contributed by atoms with Gasteiger partial charge in [0.15, 0.2) is 0 Å². The molecule has 7 nitrogen and oxygen atoms in total. The van der Waals surface area contributed by atoms with E-state index in [1.54, 1.807) is 17.9 Å². The second-order valence-electron chi connectivity index (χ2n) is 8.00. The molecule has 1 aliphatic heterocycles. The fourth-order valence-corrected chi connectivity index (χ4v) is 4.23. The quantitative estimate of drug-likeness (QED) is 0.450. The first-order chi connectivity index (χ1) is 15.8. The molecule has 172 valence electrons. The average molecular weight is 458 g/mol. The number of amides is 1. The predicted octanol–water partition coefficient (Wildman–Crippen LogP) is 4.58. The van der Waals surface area contributed by atoms with Gasteiger partial charge in [0.2, 0.25) is 0 Å². The predicted molar refractivity (Wildman–Crippen MR) is 115 cm³/mol. The van der Waals surface area contributed by atoms with E-state index < -0.39 is 12.7 Å². The molecule has 1 aromatic carbocycles. The van der Waals surface area contributed by atoms with Crippen molar-refractivity contribution in [3.05, 3.63) is 48.0 Å². The lowest BCUT2D eigenvalue weighted by Gasteiger charge is -2.19. The molecule has 0 radical (unpaired) electrons. The van der Waals surface area contributed by atoms with Crippen molar-refractivity contribution in [1.29, 1.82) is 0 Å². The number of nitrogens with zero attached hydrogens (tertiary/aromatic N) is 4. The number of aromatic nitrogens is 3. The van der Waals surface area contributed by atoms with Crippen molar-refractivity contribution in [2.45, 2.75) is 26.1 Å². The average Bonchev–Trinajstić information content (AvgIpc) is 3.13. The van der Waals surface area contributed by atoms with Crippen molar-refractivity contribution in [3.63, 3.8) is 0 Å². The lowest BCUT2D eigenvalue weighted by molar-refractivity contribution is -0.141. The van der Waals surface area contributed by atoms with Crippen LogP contribution in [0.3, 0.4) is 0 Å². The molecule has 0 aliphatic carbocycles. The van der Waals surface area contributed by atoms with Crippen LogP contribution in [0.1, 0.15) is 22.7 Å². The fraction of sp³-hybridized carbons (Fsp3) is 0.348. The molecule has 5 rings (SSSR count). The number of alkyl halides is 3. The molecule has 0 spiro atoms. The molecule has 3 aromatic heterocycles. The van der Waals surface area contributed by atoms with Crippen molar-refractivity contribution in [1.82, 2.24) is 19.7 Å². The number of benzene rings is 1. The van der Waals surface area contributed by atoms with Crippen LogP contribution in [0, 0.1) is 6.92 Å². The normalized spacial score (nSPS) is 15.3. The zero-order valence-electron chi connectivity index (χ0n) is 17.9. The number of ether oxygens (including phenoxy) is 1. The van der Waals surface area contributed by atoms with Gasteiger partial charge in [-0.25, -0.2) is 0 Å². The van der Waals surface area contributed by atoms with Gasteiger partial charge >= 0.3 is 6.18 Å². The highest BCUT2D eigenvalue weighted by Gasteiger charge is 2.31. The molecule has 10 heteroatoms. The highest BCUT2D eigenvalue weighted by Crippen LogP contribution is 2.38. The molecule has 1 fully saturated rings. The number of para-hydroxylation sites is 1.